The molecule has 0 aliphatic heterocycles. The highest BCUT2D eigenvalue weighted by atomic mass is 79.9. The standard InChI is InChI=1S/C46H79BrO7Si3/c1-19-50-42(48)46(13,47)40(51-34-49-14)32-37(53-55(15,16)43(4,5)6)31-30-35(2)41(54-56(17,18)44(7,8)9)36(3)33-52-57(45(10,11)12,38-26-22-20-23-27-38)39-28-24-21-25-29-39/h20-31,35-37,40-41H,19,32-34H2,1-18H3/b31-30-/t35-,36-,37+,40-,41-,46+/m0/s1. The van der Waals surface area contributed by atoms with Crippen LogP contribution in [0.3, 0.4) is 0 Å². The van der Waals surface area contributed by atoms with E-state index in [-0.39, 0.29) is 58.5 Å². The number of alkyl halides is 1. The lowest BCUT2D eigenvalue weighted by Crippen LogP contribution is -2.67. The second-order valence-electron chi connectivity index (χ2n) is 20.0. The maximum atomic E-state index is 13.3. The summed E-state index contributed by atoms with van der Waals surface area (Å²) in [7, 11) is -5.70. The Morgan fingerprint density at radius 2 is 1.21 bits per heavy atom. The van der Waals surface area contributed by atoms with Gasteiger partial charge in [-0.05, 0) is 71.4 Å². The molecule has 0 N–H and O–H groups in total. The van der Waals surface area contributed by atoms with Crippen LogP contribution in [0.2, 0.25) is 41.3 Å². The Morgan fingerprint density at radius 1 is 0.737 bits per heavy atom. The molecule has 324 valence electrons. The van der Waals surface area contributed by atoms with Crippen molar-refractivity contribution in [3.8, 4) is 0 Å². The monoisotopic (exact) mass is 906 g/mol. The minimum absolute atomic E-state index is 0.0145. The summed E-state index contributed by atoms with van der Waals surface area (Å²) in [6, 6.07) is 21.7. The number of esters is 1. The number of rotatable bonds is 21. The number of carbonyl (C=O) groups is 1. The van der Waals surface area contributed by atoms with Gasteiger partial charge in [0.2, 0.25) is 0 Å². The fourth-order valence-corrected chi connectivity index (χ4v) is 14.6. The predicted molar refractivity (Wildman–Crippen MR) is 251 cm³/mol. The largest absolute Gasteiger partial charge is 0.465 e. The number of hydrogen-bond donors (Lipinski definition) is 0. The zero-order valence-corrected chi connectivity index (χ0v) is 43.5. The molecule has 0 unspecified atom stereocenters. The Morgan fingerprint density at radius 3 is 1.63 bits per heavy atom. The van der Waals surface area contributed by atoms with Gasteiger partial charge in [0, 0.05) is 26.1 Å². The van der Waals surface area contributed by atoms with Crippen molar-refractivity contribution in [2.75, 3.05) is 27.1 Å². The summed E-state index contributed by atoms with van der Waals surface area (Å²) in [4.78, 5) is 13.3. The summed E-state index contributed by atoms with van der Waals surface area (Å²) >= 11 is 3.70. The van der Waals surface area contributed by atoms with Crippen LogP contribution in [0.5, 0.6) is 0 Å². The van der Waals surface area contributed by atoms with Gasteiger partial charge in [-0.25, -0.2) is 0 Å². The van der Waals surface area contributed by atoms with Crippen molar-refractivity contribution in [3.63, 3.8) is 0 Å². The molecule has 2 aromatic carbocycles. The molecule has 0 spiro atoms. The first kappa shape index (κ1) is 51.7. The van der Waals surface area contributed by atoms with Gasteiger partial charge < -0.3 is 27.5 Å². The highest BCUT2D eigenvalue weighted by Crippen LogP contribution is 2.42. The maximum Gasteiger partial charge on any atom is 0.325 e. The van der Waals surface area contributed by atoms with Gasteiger partial charge in [0.05, 0.1) is 24.9 Å². The summed E-state index contributed by atoms with van der Waals surface area (Å²) in [5, 5.41) is 2.37. The molecule has 0 aromatic heterocycles. The molecular formula is C46H79BrO7Si3. The predicted octanol–water partition coefficient (Wildman–Crippen LogP) is 11.3. The highest BCUT2D eigenvalue weighted by Gasteiger charge is 2.51. The first-order valence-electron chi connectivity index (χ1n) is 20.8. The molecule has 11 heteroatoms. The number of ether oxygens (including phenoxy) is 3. The molecule has 7 nitrogen and oxygen atoms in total. The molecule has 6 atom stereocenters. The third-order valence-corrected chi connectivity index (χ3v) is 27.1. The first-order chi connectivity index (χ1) is 26.1. The van der Waals surface area contributed by atoms with Crippen molar-refractivity contribution in [1.82, 2.24) is 0 Å². The van der Waals surface area contributed by atoms with Crippen LogP contribution in [0.15, 0.2) is 72.8 Å². The van der Waals surface area contributed by atoms with Gasteiger partial charge in [0.25, 0.3) is 8.32 Å². The maximum absolute atomic E-state index is 13.3. The van der Waals surface area contributed by atoms with Crippen molar-refractivity contribution in [2.24, 2.45) is 11.8 Å². The van der Waals surface area contributed by atoms with Gasteiger partial charge in [-0.2, -0.15) is 0 Å². The molecule has 0 amide bonds. The third kappa shape index (κ3) is 13.5. The SMILES string of the molecule is CCOC(=O)[C@](C)(Br)[C@H](C[C@@H](/C=C\[C@H](C)[C@H](O[Si](C)(C)C(C)(C)C)[C@@H](C)CO[Si](c1ccccc1)(c1ccccc1)C(C)(C)C)O[Si](C)(C)C(C)(C)C)OCOC. The van der Waals surface area contributed by atoms with Crippen LogP contribution in [-0.4, -0.2) is 80.7 Å². The lowest BCUT2D eigenvalue weighted by Gasteiger charge is -2.45. The molecular weight excluding hydrogens is 829 g/mol. The minimum atomic E-state index is -2.78. The lowest BCUT2D eigenvalue weighted by molar-refractivity contribution is -0.154. The van der Waals surface area contributed by atoms with Gasteiger partial charge in [-0.1, -0.05) is 165 Å². The average Bonchev–Trinajstić information content (AvgIpc) is 3.10. The molecule has 0 heterocycles. The molecule has 2 aromatic rings. The normalized spacial score (nSPS) is 17.5. The van der Waals surface area contributed by atoms with E-state index in [1.807, 2.05) is 6.92 Å². The minimum Gasteiger partial charge on any atom is -0.465 e. The fraction of sp³-hybridized carbons (Fsp3) is 0.674. The van der Waals surface area contributed by atoms with Crippen LogP contribution in [0.25, 0.3) is 0 Å². The Labute approximate surface area is 359 Å². The van der Waals surface area contributed by atoms with E-state index in [0.29, 0.717) is 13.0 Å². The summed E-state index contributed by atoms with van der Waals surface area (Å²) in [6.45, 7) is 38.8. The number of methoxy groups -OCH3 is 1. The topological polar surface area (TPSA) is 72.5 Å². The highest BCUT2D eigenvalue weighted by molar-refractivity contribution is 9.10. The quantitative estimate of drug-likeness (QED) is 0.0406. The average molecular weight is 908 g/mol. The molecule has 0 bridgehead atoms. The molecule has 0 saturated carbocycles. The lowest BCUT2D eigenvalue weighted by atomic mass is 9.92. The molecule has 0 fully saturated rings. The van der Waals surface area contributed by atoms with E-state index < -0.39 is 35.4 Å². The Hall–Kier alpha value is -1.42. The van der Waals surface area contributed by atoms with Gasteiger partial charge in [-0.15, -0.1) is 0 Å². The van der Waals surface area contributed by atoms with Crippen LogP contribution >= 0.6 is 15.9 Å². The molecule has 2 rings (SSSR count). The van der Waals surface area contributed by atoms with Crippen molar-refractivity contribution >= 4 is 57.2 Å². The number of halogens is 1. The fourth-order valence-electron chi connectivity index (χ4n) is 6.71. The van der Waals surface area contributed by atoms with Crippen LogP contribution in [0, 0.1) is 11.8 Å². The van der Waals surface area contributed by atoms with E-state index in [0.717, 1.165) is 0 Å². The van der Waals surface area contributed by atoms with E-state index in [4.69, 9.17) is 27.5 Å². The van der Waals surface area contributed by atoms with Gasteiger partial charge in [-0.3, -0.25) is 4.79 Å². The van der Waals surface area contributed by atoms with Crippen LogP contribution in [0.4, 0.5) is 0 Å². The zero-order valence-electron chi connectivity index (χ0n) is 38.9. The van der Waals surface area contributed by atoms with Crippen molar-refractivity contribution in [2.45, 2.75) is 160 Å². The Bertz CT molecular complexity index is 1490. The third-order valence-electron chi connectivity index (χ3n) is 12.3. The van der Waals surface area contributed by atoms with Gasteiger partial charge in [0.1, 0.15) is 11.1 Å². The molecule has 0 saturated heterocycles. The molecule has 0 aliphatic rings. The van der Waals surface area contributed by atoms with Crippen molar-refractivity contribution in [1.29, 1.82) is 0 Å². The molecule has 0 radical (unpaired) electrons. The number of carbonyl (C=O) groups excluding carboxylic acids is 1. The zero-order chi connectivity index (χ0) is 43.7. The van der Waals surface area contributed by atoms with E-state index in [1.165, 1.54) is 10.4 Å². The van der Waals surface area contributed by atoms with E-state index in [2.05, 4.69) is 191 Å². The van der Waals surface area contributed by atoms with E-state index in [1.54, 1.807) is 14.0 Å². The number of hydrogen-bond acceptors (Lipinski definition) is 7. The van der Waals surface area contributed by atoms with Gasteiger partial charge in [0.15, 0.2) is 16.6 Å². The van der Waals surface area contributed by atoms with Crippen LogP contribution in [0.1, 0.15) is 96.4 Å². The molecule has 0 aliphatic carbocycles. The number of benzene rings is 2. The van der Waals surface area contributed by atoms with E-state index in [9.17, 15) is 4.79 Å². The van der Waals surface area contributed by atoms with E-state index >= 15 is 0 Å². The second kappa shape index (κ2) is 20.9. The Balaban J connectivity index is 2.68. The smallest absolute Gasteiger partial charge is 0.325 e. The van der Waals surface area contributed by atoms with Crippen molar-refractivity contribution < 1.29 is 32.3 Å². The Kier molecular flexibility index (Phi) is 19.0. The second-order valence-corrected chi connectivity index (χ2v) is 35.5. The summed E-state index contributed by atoms with van der Waals surface area (Å²) in [6.07, 6.45) is 3.79. The van der Waals surface area contributed by atoms with Crippen LogP contribution < -0.4 is 10.4 Å². The summed E-state index contributed by atoms with van der Waals surface area (Å²) in [5.74, 6) is -0.305. The van der Waals surface area contributed by atoms with Crippen LogP contribution in [-0.2, 0) is 32.3 Å². The van der Waals surface area contributed by atoms with Gasteiger partial charge >= 0.3 is 5.97 Å². The van der Waals surface area contributed by atoms with Crippen molar-refractivity contribution in [3.05, 3.63) is 72.8 Å². The summed E-state index contributed by atoms with van der Waals surface area (Å²) in [5.41, 5.74) is 0. The first-order valence-corrected chi connectivity index (χ1v) is 29.4. The summed E-state index contributed by atoms with van der Waals surface area (Å²) < 4.78 is 38.0. The molecule has 57 heavy (non-hydrogen) atoms.